The van der Waals surface area contributed by atoms with E-state index in [4.69, 9.17) is 4.74 Å². The van der Waals surface area contributed by atoms with E-state index in [1.165, 1.54) is 7.11 Å². The van der Waals surface area contributed by atoms with Crippen molar-refractivity contribution in [3.05, 3.63) is 0 Å². The van der Waals surface area contributed by atoms with Crippen LogP contribution >= 0.6 is 0 Å². The van der Waals surface area contributed by atoms with Crippen LogP contribution < -0.4 is 0 Å². The summed E-state index contributed by atoms with van der Waals surface area (Å²) in [7, 11) is 1.43. The van der Waals surface area contributed by atoms with Gasteiger partial charge in [0.2, 0.25) is 5.91 Å². The summed E-state index contributed by atoms with van der Waals surface area (Å²) in [5.41, 5.74) is 0. The van der Waals surface area contributed by atoms with Crippen molar-refractivity contribution in [3.8, 4) is 0 Å². The monoisotopic (exact) mass is 239 g/mol. The number of carbonyl (C=O) groups is 2. The van der Waals surface area contributed by atoms with E-state index in [0.717, 1.165) is 51.6 Å². The molecule has 0 spiro atoms. The van der Waals surface area contributed by atoms with Crippen LogP contribution in [0.25, 0.3) is 0 Å². The predicted molar refractivity (Wildman–Crippen MR) is 63.3 cm³/mol. The molecule has 0 aromatic rings. The maximum absolute atomic E-state index is 12.2. The number of methoxy groups -OCH3 is 1. The van der Waals surface area contributed by atoms with Gasteiger partial charge in [0.05, 0.1) is 13.0 Å². The van der Waals surface area contributed by atoms with Crippen molar-refractivity contribution in [2.24, 2.45) is 11.8 Å². The van der Waals surface area contributed by atoms with Crippen molar-refractivity contribution in [1.82, 2.24) is 4.90 Å². The Hall–Kier alpha value is -1.06. The van der Waals surface area contributed by atoms with Crippen LogP contribution in [0.2, 0.25) is 0 Å². The zero-order chi connectivity index (χ0) is 12.3. The van der Waals surface area contributed by atoms with Crippen molar-refractivity contribution < 1.29 is 14.3 Å². The number of carbonyl (C=O) groups excluding carboxylic acids is 2. The lowest BCUT2D eigenvalue weighted by Crippen LogP contribution is -2.36. The third-order valence-electron chi connectivity index (χ3n) is 4.03. The molecule has 0 aromatic carbocycles. The van der Waals surface area contributed by atoms with Crippen LogP contribution in [0, 0.1) is 11.8 Å². The quantitative estimate of drug-likeness (QED) is 0.687. The minimum absolute atomic E-state index is 0.0163. The summed E-state index contributed by atoms with van der Waals surface area (Å²) in [4.78, 5) is 25.5. The smallest absolute Gasteiger partial charge is 0.308 e. The van der Waals surface area contributed by atoms with Crippen LogP contribution in [0.15, 0.2) is 0 Å². The van der Waals surface area contributed by atoms with Crippen LogP contribution in [0.3, 0.4) is 0 Å². The highest BCUT2D eigenvalue weighted by Gasteiger charge is 2.33. The summed E-state index contributed by atoms with van der Waals surface area (Å²) in [5, 5.41) is 0. The zero-order valence-electron chi connectivity index (χ0n) is 10.5. The molecule has 2 rings (SSSR count). The van der Waals surface area contributed by atoms with Crippen LogP contribution in [-0.4, -0.2) is 37.0 Å². The number of rotatable bonds is 2. The van der Waals surface area contributed by atoms with Crippen molar-refractivity contribution in [3.63, 3.8) is 0 Å². The van der Waals surface area contributed by atoms with Crippen molar-refractivity contribution in [1.29, 1.82) is 0 Å². The fraction of sp³-hybridized carbons (Fsp3) is 0.846. The van der Waals surface area contributed by atoms with Crippen molar-refractivity contribution in [2.75, 3.05) is 20.2 Å². The maximum Gasteiger partial charge on any atom is 0.308 e. The molecule has 0 N–H and O–H groups in total. The molecule has 0 bridgehead atoms. The van der Waals surface area contributed by atoms with Gasteiger partial charge in [-0.1, -0.05) is 0 Å². The molecule has 1 amide bonds. The predicted octanol–water partition coefficient (Wildman–Crippen LogP) is 1.59. The average molecular weight is 239 g/mol. The van der Waals surface area contributed by atoms with Gasteiger partial charge in [0.1, 0.15) is 0 Å². The van der Waals surface area contributed by atoms with Gasteiger partial charge in [-0.25, -0.2) is 0 Å². The molecule has 4 heteroatoms. The van der Waals surface area contributed by atoms with E-state index in [9.17, 15) is 9.59 Å². The summed E-state index contributed by atoms with van der Waals surface area (Å²) in [6, 6.07) is 0. The molecule has 4 nitrogen and oxygen atoms in total. The Bertz CT molecular complexity index is 289. The van der Waals surface area contributed by atoms with Crippen molar-refractivity contribution >= 4 is 11.9 Å². The molecule has 1 saturated heterocycles. The molecule has 1 aliphatic carbocycles. The summed E-state index contributed by atoms with van der Waals surface area (Å²) in [6.45, 7) is 1.85. The second kappa shape index (κ2) is 5.52. The number of esters is 1. The molecular weight excluding hydrogens is 218 g/mol. The number of ether oxygens (including phenoxy) is 1. The summed E-state index contributed by atoms with van der Waals surface area (Å²) >= 11 is 0. The Labute approximate surface area is 102 Å². The molecule has 2 aliphatic rings. The standard InChI is InChI=1S/C13H21NO3/c1-17-13(16)11-6-4-10(5-7-11)12(15)14-8-2-3-9-14/h10-11H,2-9H2,1H3. The molecule has 0 unspecified atom stereocenters. The first-order chi connectivity index (χ1) is 8.22. The van der Waals surface area contributed by atoms with E-state index >= 15 is 0 Å². The second-order valence-corrected chi connectivity index (χ2v) is 5.10. The lowest BCUT2D eigenvalue weighted by molar-refractivity contribution is -0.148. The zero-order valence-corrected chi connectivity index (χ0v) is 10.5. The molecule has 0 atom stereocenters. The van der Waals surface area contributed by atoms with E-state index in [2.05, 4.69) is 0 Å². The van der Waals surface area contributed by atoms with Crippen LogP contribution in [0.1, 0.15) is 38.5 Å². The summed E-state index contributed by atoms with van der Waals surface area (Å²) in [6.07, 6.45) is 5.57. The summed E-state index contributed by atoms with van der Waals surface area (Å²) in [5.74, 6) is 0.361. The van der Waals surface area contributed by atoms with Crippen LogP contribution in [0.5, 0.6) is 0 Å². The van der Waals surface area contributed by atoms with Crippen molar-refractivity contribution in [2.45, 2.75) is 38.5 Å². The SMILES string of the molecule is COC(=O)C1CCC(C(=O)N2CCCC2)CC1. The van der Waals surface area contributed by atoms with Gasteiger partial charge in [-0.05, 0) is 38.5 Å². The molecule has 0 aromatic heterocycles. The maximum atomic E-state index is 12.2. The van der Waals surface area contributed by atoms with Gasteiger partial charge in [-0.2, -0.15) is 0 Å². The molecule has 1 aliphatic heterocycles. The average Bonchev–Trinajstić information content (AvgIpc) is 2.91. The second-order valence-electron chi connectivity index (χ2n) is 5.10. The Kier molecular flexibility index (Phi) is 4.02. The fourth-order valence-electron chi connectivity index (χ4n) is 2.94. The third-order valence-corrected chi connectivity index (χ3v) is 4.03. The first kappa shape index (κ1) is 12.4. The van der Waals surface area contributed by atoms with Gasteiger partial charge in [-0.3, -0.25) is 9.59 Å². The third kappa shape index (κ3) is 2.79. The lowest BCUT2D eigenvalue weighted by Gasteiger charge is -2.29. The number of likely N-dealkylation sites (tertiary alicyclic amines) is 1. The molecule has 2 fully saturated rings. The first-order valence-corrected chi connectivity index (χ1v) is 6.59. The summed E-state index contributed by atoms with van der Waals surface area (Å²) < 4.78 is 4.75. The number of hydrogen-bond donors (Lipinski definition) is 0. The molecule has 96 valence electrons. The first-order valence-electron chi connectivity index (χ1n) is 6.59. The molecule has 1 saturated carbocycles. The number of nitrogens with zero attached hydrogens (tertiary/aromatic N) is 1. The van der Waals surface area contributed by atoms with Gasteiger partial charge in [0.25, 0.3) is 0 Å². The lowest BCUT2D eigenvalue weighted by atomic mass is 9.81. The largest absolute Gasteiger partial charge is 0.469 e. The number of hydrogen-bond acceptors (Lipinski definition) is 3. The minimum Gasteiger partial charge on any atom is -0.469 e. The van der Waals surface area contributed by atoms with E-state index in [-0.39, 0.29) is 17.8 Å². The van der Waals surface area contributed by atoms with E-state index in [1.807, 2.05) is 4.90 Å². The van der Waals surface area contributed by atoms with Gasteiger partial charge in [0, 0.05) is 19.0 Å². The normalized spacial score (nSPS) is 29.1. The topological polar surface area (TPSA) is 46.6 Å². The molecule has 0 radical (unpaired) electrons. The van der Waals surface area contributed by atoms with Gasteiger partial charge >= 0.3 is 5.97 Å². The fourth-order valence-corrected chi connectivity index (χ4v) is 2.94. The Morgan fingerprint density at radius 1 is 1.00 bits per heavy atom. The van der Waals surface area contributed by atoms with Gasteiger partial charge in [-0.15, -0.1) is 0 Å². The van der Waals surface area contributed by atoms with E-state index < -0.39 is 0 Å². The highest BCUT2D eigenvalue weighted by Crippen LogP contribution is 2.31. The van der Waals surface area contributed by atoms with E-state index in [1.54, 1.807) is 0 Å². The Morgan fingerprint density at radius 3 is 2.06 bits per heavy atom. The highest BCUT2D eigenvalue weighted by molar-refractivity contribution is 5.79. The van der Waals surface area contributed by atoms with Crippen LogP contribution in [-0.2, 0) is 14.3 Å². The highest BCUT2D eigenvalue weighted by atomic mass is 16.5. The van der Waals surface area contributed by atoms with E-state index in [0.29, 0.717) is 5.91 Å². The number of amides is 1. The molecular formula is C13H21NO3. The molecule has 1 heterocycles. The van der Waals surface area contributed by atoms with Gasteiger partial charge in [0.15, 0.2) is 0 Å². The Balaban J connectivity index is 1.82. The Morgan fingerprint density at radius 2 is 1.53 bits per heavy atom. The minimum atomic E-state index is -0.114. The van der Waals surface area contributed by atoms with Gasteiger partial charge < -0.3 is 9.64 Å². The molecule has 17 heavy (non-hydrogen) atoms. The van der Waals surface area contributed by atoms with Crippen LogP contribution in [0.4, 0.5) is 0 Å².